The van der Waals surface area contributed by atoms with Crippen molar-refractivity contribution in [3.8, 4) is 0 Å². The summed E-state index contributed by atoms with van der Waals surface area (Å²) in [6, 6.07) is 12.1. The number of hydrogen-bond acceptors (Lipinski definition) is 6. The maximum atomic E-state index is 12.5. The number of amides is 2. The molecule has 1 aromatic heterocycles. The summed E-state index contributed by atoms with van der Waals surface area (Å²) in [6.45, 7) is 9.13. The highest BCUT2D eigenvalue weighted by molar-refractivity contribution is 7.13. The summed E-state index contributed by atoms with van der Waals surface area (Å²) in [5.74, 6) is -0.344. The Morgan fingerprint density at radius 3 is 2.28 bits per heavy atom. The smallest absolute Gasteiger partial charge is 0.282 e. The number of benzene rings is 2. The molecule has 3 rings (SSSR count). The topological polar surface area (TPSA) is 87.2 Å². The van der Waals surface area contributed by atoms with Gasteiger partial charge in [0.2, 0.25) is 10.9 Å². The van der Waals surface area contributed by atoms with Crippen molar-refractivity contribution in [2.75, 3.05) is 18.9 Å². The van der Waals surface area contributed by atoms with Gasteiger partial charge in [-0.1, -0.05) is 58.9 Å². The van der Waals surface area contributed by atoms with Crippen LogP contribution < -0.4 is 10.6 Å². The molecule has 2 amide bonds. The first-order valence-electron chi connectivity index (χ1n) is 10.4. The highest BCUT2D eigenvalue weighted by Crippen LogP contribution is 2.22. The van der Waals surface area contributed by atoms with E-state index in [2.05, 4.69) is 33.0 Å². The van der Waals surface area contributed by atoms with Gasteiger partial charge in [-0.3, -0.25) is 14.5 Å². The quantitative estimate of drug-likeness (QED) is 0.544. The van der Waals surface area contributed by atoms with Gasteiger partial charge in [0.05, 0.1) is 13.1 Å². The second-order valence-corrected chi connectivity index (χ2v) is 9.23. The Bertz CT molecular complexity index is 1080. The van der Waals surface area contributed by atoms with Gasteiger partial charge in [0.25, 0.3) is 5.91 Å². The monoisotopic (exact) mass is 451 g/mol. The second kappa shape index (κ2) is 10.5. The molecule has 0 fully saturated rings. The van der Waals surface area contributed by atoms with Crippen molar-refractivity contribution in [1.82, 2.24) is 20.4 Å². The van der Waals surface area contributed by atoms with E-state index in [9.17, 15) is 9.59 Å². The fourth-order valence-corrected chi connectivity index (χ4v) is 4.30. The molecule has 168 valence electrons. The summed E-state index contributed by atoms with van der Waals surface area (Å²) < 4.78 is 0. The number of rotatable bonds is 8. The molecular weight excluding hydrogens is 422 g/mol. The molecule has 7 nitrogen and oxygen atoms in total. The molecule has 0 radical (unpaired) electrons. The van der Waals surface area contributed by atoms with Crippen molar-refractivity contribution in [1.29, 1.82) is 0 Å². The first-order valence-corrected chi connectivity index (χ1v) is 11.3. The highest BCUT2D eigenvalue weighted by atomic mass is 32.1. The fourth-order valence-electron chi connectivity index (χ4n) is 3.46. The summed E-state index contributed by atoms with van der Waals surface area (Å²) in [5.41, 5.74) is 6.32. The Labute approximate surface area is 192 Å². The van der Waals surface area contributed by atoms with Gasteiger partial charge in [-0.2, -0.15) is 0 Å². The molecule has 2 aromatic carbocycles. The maximum absolute atomic E-state index is 12.5. The lowest BCUT2D eigenvalue weighted by Crippen LogP contribution is -2.30. The Balaban J connectivity index is 1.50. The predicted molar refractivity (Wildman–Crippen MR) is 128 cm³/mol. The van der Waals surface area contributed by atoms with Crippen LogP contribution in [0.4, 0.5) is 5.69 Å². The molecular formula is C24H29N5O2S. The van der Waals surface area contributed by atoms with Crippen molar-refractivity contribution >= 4 is 28.8 Å². The van der Waals surface area contributed by atoms with E-state index >= 15 is 0 Å². The third-order valence-corrected chi connectivity index (χ3v) is 5.90. The van der Waals surface area contributed by atoms with E-state index in [1.807, 2.05) is 63.9 Å². The van der Waals surface area contributed by atoms with E-state index in [0.29, 0.717) is 23.1 Å². The Morgan fingerprint density at radius 1 is 0.969 bits per heavy atom. The van der Waals surface area contributed by atoms with Crippen LogP contribution in [0.5, 0.6) is 0 Å². The molecule has 0 spiro atoms. The van der Waals surface area contributed by atoms with Crippen molar-refractivity contribution in [2.24, 2.45) is 0 Å². The van der Waals surface area contributed by atoms with Crippen LogP contribution in [-0.4, -0.2) is 40.5 Å². The normalized spacial score (nSPS) is 10.9. The summed E-state index contributed by atoms with van der Waals surface area (Å²) in [4.78, 5) is 26.7. The van der Waals surface area contributed by atoms with Crippen LogP contribution in [0.25, 0.3) is 0 Å². The number of nitrogens with zero attached hydrogens (tertiary/aromatic N) is 3. The van der Waals surface area contributed by atoms with E-state index in [-0.39, 0.29) is 18.4 Å². The molecule has 3 aromatic rings. The SMILES string of the molecule is Cc1ccc(CNC(=O)c2nnc(CN(C)CC(=O)Nc3c(C)cc(C)cc3C)s2)cc1. The fraction of sp³-hybridized carbons (Fsp3) is 0.333. The number of carbonyl (C=O) groups is 2. The Hall–Kier alpha value is -3.10. The molecule has 0 unspecified atom stereocenters. The molecule has 0 aliphatic rings. The third kappa shape index (κ3) is 6.45. The minimum Gasteiger partial charge on any atom is -0.346 e. The van der Waals surface area contributed by atoms with Crippen molar-refractivity contribution in [3.05, 3.63) is 74.2 Å². The van der Waals surface area contributed by atoms with Gasteiger partial charge in [-0.05, 0) is 51.4 Å². The minimum atomic E-state index is -0.250. The third-order valence-electron chi connectivity index (χ3n) is 4.99. The van der Waals surface area contributed by atoms with Gasteiger partial charge in [-0.15, -0.1) is 10.2 Å². The van der Waals surface area contributed by atoms with Gasteiger partial charge in [0, 0.05) is 12.2 Å². The predicted octanol–water partition coefficient (Wildman–Crippen LogP) is 3.77. The first kappa shape index (κ1) is 23.6. The summed E-state index contributed by atoms with van der Waals surface area (Å²) in [5, 5.41) is 15.0. The summed E-state index contributed by atoms with van der Waals surface area (Å²) in [6.07, 6.45) is 0. The van der Waals surface area contributed by atoms with E-state index in [1.165, 1.54) is 22.5 Å². The van der Waals surface area contributed by atoms with Crippen LogP contribution in [0.15, 0.2) is 36.4 Å². The van der Waals surface area contributed by atoms with E-state index in [1.54, 1.807) is 0 Å². The molecule has 1 heterocycles. The molecule has 0 atom stereocenters. The summed E-state index contributed by atoms with van der Waals surface area (Å²) in [7, 11) is 1.84. The standard InChI is InChI=1S/C24H29N5O2S/c1-15-6-8-19(9-7-15)12-25-23(31)24-28-27-21(32-24)14-29(5)13-20(30)26-22-17(3)10-16(2)11-18(22)4/h6-11H,12-14H2,1-5H3,(H,25,31)(H,26,30). The number of likely N-dealkylation sites (N-methyl/N-ethyl adjacent to an activating group) is 1. The van der Waals surface area contributed by atoms with Gasteiger partial charge >= 0.3 is 0 Å². The van der Waals surface area contributed by atoms with Crippen molar-refractivity contribution < 1.29 is 9.59 Å². The lowest BCUT2D eigenvalue weighted by atomic mass is 10.1. The van der Waals surface area contributed by atoms with Crippen LogP contribution >= 0.6 is 11.3 Å². The van der Waals surface area contributed by atoms with E-state index in [4.69, 9.17) is 0 Å². The van der Waals surface area contributed by atoms with Crippen LogP contribution in [-0.2, 0) is 17.9 Å². The van der Waals surface area contributed by atoms with Crippen LogP contribution in [0.1, 0.15) is 42.6 Å². The first-order chi connectivity index (χ1) is 15.2. The molecule has 0 aliphatic carbocycles. The zero-order valence-corrected chi connectivity index (χ0v) is 20.0. The van der Waals surface area contributed by atoms with Crippen LogP contribution in [0, 0.1) is 27.7 Å². The minimum absolute atomic E-state index is 0.0943. The highest BCUT2D eigenvalue weighted by Gasteiger charge is 2.16. The van der Waals surface area contributed by atoms with Gasteiger partial charge in [0.15, 0.2) is 0 Å². The van der Waals surface area contributed by atoms with E-state index in [0.717, 1.165) is 22.4 Å². The number of aromatic nitrogens is 2. The molecule has 0 saturated heterocycles. The van der Waals surface area contributed by atoms with Crippen molar-refractivity contribution in [2.45, 2.75) is 40.8 Å². The largest absolute Gasteiger partial charge is 0.346 e. The molecule has 8 heteroatoms. The molecule has 0 bridgehead atoms. The maximum Gasteiger partial charge on any atom is 0.282 e. The summed E-state index contributed by atoms with van der Waals surface area (Å²) >= 11 is 1.24. The Kier molecular flexibility index (Phi) is 7.71. The van der Waals surface area contributed by atoms with Crippen molar-refractivity contribution in [3.63, 3.8) is 0 Å². The van der Waals surface area contributed by atoms with Gasteiger partial charge in [-0.25, -0.2) is 0 Å². The lowest BCUT2D eigenvalue weighted by Gasteiger charge is -2.17. The van der Waals surface area contributed by atoms with E-state index < -0.39 is 0 Å². The molecule has 0 aliphatic heterocycles. The van der Waals surface area contributed by atoms with Crippen LogP contribution in [0.3, 0.4) is 0 Å². The number of aryl methyl sites for hydroxylation is 4. The zero-order valence-electron chi connectivity index (χ0n) is 19.2. The van der Waals surface area contributed by atoms with Gasteiger partial charge in [0.1, 0.15) is 5.01 Å². The van der Waals surface area contributed by atoms with Crippen LogP contribution in [0.2, 0.25) is 0 Å². The zero-order chi connectivity index (χ0) is 23.3. The number of hydrogen-bond donors (Lipinski definition) is 2. The average Bonchev–Trinajstić information content (AvgIpc) is 3.18. The molecule has 32 heavy (non-hydrogen) atoms. The average molecular weight is 452 g/mol. The second-order valence-electron chi connectivity index (χ2n) is 8.16. The van der Waals surface area contributed by atoms with Gasteiger partial charge < -0.3 is 10.6 Å². The number of nitrogens with one attached hydrogen (secondary N) is 2. The molecule has 2 N–H and O–H groups in total. The Morgan fingerprint density at radius 2 is 1.62 bits per heavy atom. The number of anilines is 1. The lowest BCUT2D eigenvalue weighted by molar-refractivity contribution is -0.117. The molecule has 0 saturated carbocycles. The number of carbonyl (C=O) groups excluding carboxylic acids is 2.